The van der Waals surface area contributed by atoms with Gasteiger partial charge in [-0.1, -0.05) is 6.07 Å². The van der Waals surface area contributed by atoms with Gasteiger partial charge in [-0.3, -0.25) is 4.79 Å². The van der Waals surface area contributed by atoms with Gasteiger partial charge in [0.1, 0.15) is 5.54 Å². The van der Waals surface area contributed by atoms with E-state index in [1.807, 2.05) is 0 Å². The normalized spacial score (nSPS) is 20.3. The summed E-state index contributed by atoms with van der Waals surface area (Å²) in [6.07, 6.45) is 1.66. The minimum absolute atomic E-state index is 0.150. The third-order valence-corrected chi connectivity index (χ3v) is 6.00. The molecular formula is C15H21N3O4S. The zero-order valence-corrected chi connectivity index (χ0v) is 13.9. The van der Waals surface area contributed by atoms with Crippen molar-refractivity contribution in [1.29, 1.82) is 0 Å². The number of rotatable bonds is 3. The molecule has 1 fully saturated rings. The molecular weight excluding hydrogens is 318 g/mol. The average molecular weight is 339 g/mol. The van der Waals surface area contributed by atoms with Gasteiger partial charge in [0.15, 0.2) is 0 Å². The van der Waals surface area contributed by atoms with Gasteiger partial charge < -0.3 is 15.4 Å². The number of benzene rings is 1. The van der Waals surface area contributed by atoms with E-state index in [0.717, 1.165) is 5.56 Å². The largest absolute Gasteiger partial charge is 0.381 e. The third kappa shape index (κ3) is 2.87. The number of ether oxygens (including phenoxy) is 1. The molecule has 0 spiro atoms. The van der Waals surface area contributed by atoms with E-state index in [4.69, 9.17) is 10.5 Å². The lowest BCUT2D eigenvalue weighted by Gasteiger charge is -2.35. The summed E-state index contributed by atoms with van der Waals surface area (Å²) < 4.78 is 31.6. The van der Waals surface area contributed by atoms with Crippen LogP contribution in [-0.4, -0.2) is 46.7 Å². The van der Waals surface area contributed by atoms with Crippen LogP contribution in [0.2, 0.25) is 0 Å². The van der Waals surface area contributed by atoms with Crippen LogP contribution < -0.4 is 15.4 Å². The van der Waals surface area contributed by atoms with Crippen LogP contribution >= 0.6 is 0 Å². The second-order valence-electron chi connectivity index (χ2n) is 5.97. The van der Waals surface area contributed by atoms with Crippen LogP contribution in [0.1, 0.15) is 18.4 Å². The van der Waals surface area contributed by atoms with Gasteiger partial charge in [-0.15, -0.1) is 0 Å². The Labute approximate surface area is 135 Å². The first-order chi connectivity index (χ1) is 10.9. The molecule has 2 aliphatic rings. The molecule has 0 unspecified atom stereocenters. The molecule has 2 heterocycles. The van der Waals surface area contributed by atoms with Crippen LogP contribution in [0.15, 0.2) is 23.1 Å². The Morgan fingerprint density at radius 3 is 2.70 bits per heavy atom. The number of hydrogen-bond donors (Lipinski definition) is 2. The van der Waals surface area contributed by atoms with Gasteiger partial charge in [0.05, 0.1) is 4.90 Å². The summed E-state index contributed by atoms with van der Waals surface area (Å²) >= 11 is 0. The number of nitrogens with one attached hydrogen (secondary N) is 1. The molecule has 1 aromatic rings. The fourth-order valence-electron chi connectivity index (χ4n) is 3.07. The fraction of sp³-hybridized carbons (Fsp3) is 0.533. The molecule has 0 radical (unpaired) electrons. The van der Waals surface area contributed by atoms with Crippen molar-refractivity contribution < 1.29 is 17.9 Å². The number of fused-ring (bicyclic) bond motifs is 1. The SMILES string of the molecule is CNS(=O)(=O)c1ccc2c(c1)N(C(=O)C1(N)CCOCC1)CC2. The van der Waals surface area contributed by atoms with Gasteiger partial charge in [-0.25, -0.2) is 13.1 Å². The maximum Gasteiger partial charge on any atom is 0.247 e. The third-order valence-electron chi connectivity index (χ3n) is 4.59. The molecule has 7 nitrogen and oxygen atoms in total. The molecule has 0 saturated carbocycles. The molecule has 0 aromatic heterocycles. The van der Waals surface area contributed by atoms with E-state index in [1.165, 1.54) is 7.05 Å². The summed E-state index contributed by atoms with van der Waals surface area (Å²) in [5.41, 5.74) is 6.96. The Kier molecular flexibility index (Phi) is 4.18. The molecule has 3 N–H and O–H groups in total. The molecule has 1 amide bonds. The molecule has 8 heteroatoms. The lowest BCUT2D eigenvalue weighted by Crippen LogP contribution is -2.58. The number of nitrogens with two attached hydrogens (primary N) is 1. The van der Waals surface area contributed by atoms with E-state index in [0.29, 0.717) is 44.7 Å². The van der Waals surface area contributed by atoms with Crippen LogP contribution in [-0.2, 0) is 26.0 Å². The number of carbonyl (C=O) groups excluding carboxylic acids is 1. The Morgan fingerprint density at radius 2 is 2.04 bits per heavy atom. The van der Waals surface area contributed by atoms with E-state index in [2.05, 4.69) is 4.72 Å². The number of anilines is 1. The molecule has 23 heavy (non-hydrogen) atoms. The number of hydrogen-bond acceptors (Lipinski definition) is 5. The van der Waals surface area contributed by atoms with Gasteiger partial charge in [0.2, 0.25) is 15.9 Å². The van der Waals surface area contributed by atoms with Gasteiger partial charge in [-0.2, -0.15) is 0 Å². The standard InChI is InChI=1S/C15H21N3O4S/c1-17-23(20,21)12-3-2-11-4-7-18(13(11)10-12)14(19)15(16)5-8-22-9-6-15/h2-3,10,17H,4-9,16H2,1H3. The van der Waals surface area contributed by atoms with Crippen LogP contribution in [0, 0.1) is 0 Å². The Balaban J connectivity index is 1.94. The van der Waals surface area contributed by atoms with E-state index < -0.39 is 15.6 Å². The van der Waals surface area contributed by atoms with Crippen molar-refractivity contribution in [2.45, 2.75) is 29.7 Å². The maximum atomic E-state index is 12.9. The predicted octanol–water partition coefficient (Wildman–Crippen LogP) is -0.00830. The highest BCUT2D eigenvalue weighted by Gasteiger charge is 2.41. The Morgan fingerprint density at radius 1 is 1.35 bits per heavy atom. The monoisotopic (exact) mass is 339 g/mol. The van der Waals surface area contributed by atoms with Crippen molar-refractivity contribution in [2.24, 2.45) is 5.73 Å². The molecule has 0 aliphatic carbocycles. The molecule has 0 atom stereocenters. The topological polar surface area (TPSA) is 102 Å². The summed E-state index contributed by atoms with van der Waals surface area (Å²) in [6.45, 7) is 1.46. The van der Waals surface area contributed by atoms with Crippen molar-refractivity contribution >= 4 is 21.6 Å². The first-order valence-electron chi connectivity index (χ1n) is 7.62. The molecule has 1 saturated heterocycles. The highest BCUT2D eigenvalue weighted by atomic mass is 32.2. The second-order valence-corrected chi connectivity index (χ2v) is 7.86. The lowest BCUT2D eigenvalue weighted by molar-refractivity contribution is -0.126. The molecule has 3 rings (SSSR count). The Bertz CT molecular complexity index is 726. The maximum absolute atomic E-state index is 12.9. The van der Waals surface area contributed by atoms with E-state index in [9.17, 15) is 13.2 Å². The molecule has 126 valence electrons. The first kappa shape index (κ1) is 16.4. The highest BCUT2D eigenvalue weighted by Crippen LogP contribution is 2.33. The van der Waals surface area contributed by atoms with Crippen molar-refractivity contribution in [1.82, 2.24) is 4.72 Å². The van der Waals surface area contributed by atoms with Gasteiger partial charge >= 0.3 is 0 Å². The minimum atomic E-state index is -3.55. The van der Waals surface area contributed by atoms with E-state index in [-0.39, 0.29) is 10.8 Å². The first-order valence-corrected chi connectivity index (χ1v) is 9.11. The van der Waals surface area contributed by atoms with Crippen LogP contribution in [0.25, 0.3) is 0 Å². The highest BCUT2D eigenvalue weighted by molar-refractivity contribution is 7.89. The lowest BCUT2D eigenvalue weighted by atomic mass is 9.89. The number of carbonyl (C=O) groups is 1. The van der Waals surface area contributed by atoms with Crippen molar-refractivity contribution in [2.75, 3.05) is 31.7 Å². The van der Waals surface area contributed by atoms with Crippen molar-refractivity contribution in [3.05, 3.63) is 23.8 Å². The van der Waals surface area contributed by atoms with E-state index in [1.54, 1.807) is 23.1 Å². The quantitative estimate of drug-likeness (QED) is 0.807. The van der Waals surface area contributed by atoms with Crippen LogP contribution in [0.3, 0.4) is 0 Å². The minimum Gasteiger partial charge on any atom is -0.381 e. The van der Waals surface area contributed by atoms with Crippen LogP contribution in [0.5, 0.6) is 0 Å². The van der Waals surface area contributed by atoms with Gasteiger partial charge in [-0.05, 0) is 44.0 Å². The second kappa shape index (κ2) is 5.86. The van der Waals surface area contributed by atoms with Gasteiger partial charge in [0.25, 0.3) is 0 Å². The number of sulfonamides is 1. The fourth-order valence-corrected chi connectivity index (χ4v) is 3.82. The summed E-state index contributed by atoms with van der Waals surface area (Å²) in [5.74, 6) is -0.154. The molecule has 2 aliphatic heterocycles. The summed E-state index contributed by atoms with van der Waals surface area (Å²) in [7, 11) is -2.18. The molecule has 1 aromatic carbocycles. The zero-order chi connectivity index (χ0) is 16.7. The smallest absolute Gasteiger partial charge is 0.247 e. The number of nitrogens with zero attached hydrogens (tertiary/aromatic N) is 1. The van der Waals surface area contributed by atoms with Crippen molar-refractivity contribution in [3.8, 4) is 0 Å². The van der Waals surface area contributed by atoms with Crippen LogP contribution in [0.4, 0.5) is 5.69 Å². The summed E-state index contributed by atoms with van der Waals surface area (Å²) in [6, 6.07) is 4.88. The average Bonchev–Trinajstić information content (AvgIpc) is 2.97. The number of amides is 1. The summed E-state index contributed by atoms with van der Waals surface area (Å²) in [5, 5.41) is 0. The zero-order valence-electron chi connectivity index (χ0n) is 13.0. The van der Waals surface area contributed by atoms with E-state index >= 15 is 0 Å². The van der Waals surface area contributed by atoms with Crippen molar-refractivity contribution in [3.63, 3.8) is 0 Å². The molecule has 0 bridgehead atoms. The predicted molar refractivity (Wildman–Crippen MR) is 85.7 cm³/mol. The summed E-state index contributed by atoms with van der Waals surface area (Å²) in [4.78, 5) is 14.7. The Hall–Kier alpha value is -1.48. The van der Waals surface area contributed by atoms with Gasteiger partial charge in [0, 0.05) is 25.4 Å².